The molecular formula is C32H36O12. The molecule has 12 heteroatoms. The molecule has 10 N–H and O–H groups in total. The van der Waals surface area contributed by atoms with Gasteiger partial charge in [-0.2, -0.15) is 0 Å². The minimum absolute atomic E-state index is 0.0449. The zero-order valence-corrected chi connectivity index (χ0v) is 23.6. The summed E-state index contributed by atoms with van der Waals surface area (Å²) in [5.74, 6) is 11.2. The fourth-order valence-corrected chi connectivity index (χ4v) is 5.94. The fourth-order valence-electron chi connectivity index (χ4n) is 5.94. The number of rotatable bonds is 5. The molecule has 2 aromatic carbocycles. The third-order valence-corrected chi connectivity index (χ3v) is 8.43. The van der Waals surface area contributed by atoms with Crippen LogP contribution >= 0.6 is 0 Å². The third-order valence-electron chi connectivity index (χ3n) is 8.43. The standard InChI is InChI=1S/C32H36O12/c33-11-9-24-28(38)30(40)26(36)22(43-24)7-3-16-1-5-18-19-6-2-17(14-21(19)32(42,10-12-34)20(18)13-16)4-8-23-27(37)31(41)29(39)25(15-35)44-23/h1-2,5-6,13-14,22-31,33-42H,9-12,15H2/t22-,23-,24-,25-,26-,27-,28-,29-,30-,31-,32?/m1/s1. The molecule has 0 radical (unpaired) electrons. The average Bonchev–Trinajstić information content (AvgIpc) is 3.26. The van der Waals surface area contributed by atoms with Crippen LogP contribution in [0.3, 0.4) is 0 Å². The van der Waals surface area contributed by atoms with E-state index >= 15 is 0 Å². The van der Waals surface area contributed by atoms with Crippen LogP contribution in [-0.2, 0) is 15.1 Å². The van der Waals surface area contributed by atoms with E-state index in [2.05, 4.69) is 23.7 Å². The predicted octanol–water partition coefficient (Wildman–Crippen LogP) is -2.94. The topological polar surface area (TPSA) is 221 Å². The molecule has 11 atom stereocenters. The molecule has 0 bridgehead atoms. The average molecular weight is 613 g/mol. The number of aliphatic hydroxyl groups excluding tert-OH is 9. The first-order chi connectivity index (χ1) is 21.0. The zero-order valence-electron chi connectivity index (χ0n) is 23.6. The number of ether oxygens (including phenoxy) is 2. The maximum Gasteiger partial charge on any atom is 0.147 e. The number of benzene rings is 2. The van der Waals surface area contributed by atoms with Crippen molar-refractivity contribution in [3.8, 4) is 34.8 Å². The molecule has 2 fully saturated rings. The Balaban J connectivity index is 1.43. The highest BCUT2D eigenvalue weighted by Gasteiger charge is 2.44. The van der Waals surface area contributed by atoms with Crippen LogP contribution in [0, 0.1) is 23.7 Å². The van der Waals surface area contributed by atoms with Gasteiger partial charge in [0.1, 0.15) is 60.5 Å². The van der Waals surface area contributed by atoms with E-state index < -0.39 is 73.2 Å². The van der Waals surface area contributed by atoms with Crippen LogP contribution in [0.2, 0.25) is 0 Å². The molecule has 0 aromatic heterocycles. The Bertz CT molecular complexity index is 1470. The van der Waals surface area contributed by atoms with Crippen LogP contribution in [0.5, 0.6) is 0 Å². The van der Waals surface area contributed by atoms with Gasteiger partial charge in [-0.1, -0.05) is 35.8 Å². The molecule has 2 aliphatic heterocycles. The summed E-state index contributed by atoms with van der Waals surface area (Å²) >= 11 is 0. The van der Waals surface area contributed by atoms with Crippen molar-refractivity contribution in [3.05, 3.63) is 58.7 Å². The highest BCUT2D eigenvalue weighted by Crippen LogP contribution is 2.49. The van der Waals surface area contributed by atoms with Crippen molar-refractivity contribution in [1.29, 1.82) is 0 Å². The van der Waals surface area contributed by atoms with Gasteiger partial charge in [0.25, 0.3) is 0 Å². The molecule has 44 heavy (non-hydrogen) atoms. The van der Waals surface area contributed by atoms with Gasteiger partial charge in [0.2, 0.25) is 0 Å². The smallest absolute Gasteiger partial charge is 0.147 e. The van der Waals surface area contributed by atoms with Crippen molar-refractivity contribution in [2.24, 2.45) is 0 Å². The second-order valence-electron chi connectivity index (χ2n) is 11.2. The SMILES string of the molecule is OCC[C@H]1O[C@H](C#Cc2ccc3c(c2)C(O)(CCO)c2cc(C#C[C@H]4O[C@H](CO)[C@@H](O)[C@H](O)[C@@H]4O)ccc2-3)[C@@H](O)[C@@H](O)[C@@H]1O. The molecule has 0 saturated carbocycles. The molecule has 12 nitrogen and oxygen atoms in total. The lowest BCUT2D eigenvalue weighted by Gasteiger charge is -2.38. The van der Waals surface area contributed by atoms with Gasteiger partial charge in [-0.25, -0.2) is 0 Å². The van der Waals surface area contributed by atoms with E-state index in [4.69, 9.17) is 9.47 Å². The van der Waals surface area contributed by atoms with Crippen molar-refractivity contribution >= 4 is 0 Å². The molecule has 3 aliphatic rings. The van der Waals surface area contributed by atoms with E-state index in [0.717, 1.165) is 0 Å². The maximum atomic E-state index is 11.9. The molecule has 2 saturated heterocycles. The molecular weight excluding hydrogens is 576 g/mol. The van der Waals surface area contributed by atoms with E-state index in [1.807, 2.05) is 0 Å². The van der Waals surface area contributed by atoms with Crippen molar-refractivity contribution in [2.45, 2.75) is 79.5 Å². The van der Waals surface area contributed by atoms with Crippen LogP contribution < -0.4 is 0 Å². The summed E-state index contributed by atoms with van der Waals surface area (Å²) in [6.07, 6.45) is -13.3. The van der Waals surface area contributed by atoms with Crippen LogP contribution in [0.15, 0.2) is 36.4 Å². The van der Waals surface area contributed by atoms with Crippen LogP contribution in [-0.4, -0.2) is 132 Å². The first-order valence-electron chi connectivity index (χ1n) is 14.3. The summed E-state index contributed by atoms with van der Waals surface area (Å²) in [6, 6.07) is 10.2. The Morgan fingerprint density at radius 3 is 1.55 bits per heavy atom. The van der Waals surface area contributed by atoms with Gasteiger partial charge in [-0.15, -0.1) is 0 Å². The van der Waals surface area contributed by atoms with Crippen molar-refractivity contribution in [3.63, 3.8) is 0 Å². The van der Waals surface area contributed by atoms with Gasteiger partial charge in [0, 0.05) is 30.8 Å². The molecule has 0 amide bonds. The van der Waals surface area contributed by atoms with Gasteiger partial charge in [0.15, 0.2) is 0 Å². The van der Waals surface area contributed by atoms with E-state index in [9.17, 15) is 51.1 Å². The van der Waals surface area contributed by atoms with Gasteiger partial charge < -0.3 is 60.5 Å². The lowest BCUT2D eigenvalue weighted by molar-refractivity contribution is -0.214. The second kappa shape index (κ2) is 13.2. The van der Waals surface area contributed by atoms with Gasteiger partial charge >= 0.3 is 0 Å². The molecule has 0 spiro atoms. The molecule has 5 rings (SSSR count). The van der Waals surface area contributed by atoms with Crippen LogP contribution in [0.25, 0.3) is 11.1 Å². The van der Waals surface area contributed by atoms with Gasteiger partial charge in [-0.05, 0) is 52.9 Å². The Kier molecular flexibility index (Phi) is 9.75. The summed E-state index contributed by atoms with van der Waals surface area (Å²) < 4.78 is 11.1. The summed E-state index contributed by atoms with van der Waals surface area (Å²) in [5.41, 5.74) is 1.62. The van der Waals surface area contributed by atoms with Crippen molar-refractivity contribution in [2.75, 3.05) is 19.8 Å². The predicted molar refractivity (Wildman–Crippen MR) is 152 cm³/mol. The number of hydrogen-bond acceptors (Lipinski definition) is 12. The third kappa shape index (κ3) is 5.89. The lowest BCUT2D eigenvalue weighted by Crippen LogP contribution is -2.58. The second-order valence-corrected chi connectivity index (χ2v) is 11.2. The summed E-state index contributed by atoms with van der Waals surface area (Å²) in [4.78, 5) is 0. The summed E-state index contributed by atoms with van der Waals surface area (Å²) in [6.45, 7) is -1.22. The highest BCUT2D eigenvalue weighted by atomic mass is 16.5. The Labute approximate surface area is 253 Å². The molecule has 1 unspecified atom stereocenters. The van der Waals surface area contributed by atoms with E-state index in [0.29, 0.717) is 33.4 Å². The van der Waals surface area contributed by atoms with Crippen molar-refractivity contribution < 1.29 is 60.5 Å². The zero-order chi connectivity index (χ0) is 31.8. The first-order valence-corrected chi connectivity index (χ1v) is 14.3. The van der Waals surface area contributed by atoms with Gasteiger partial charge in [-0.3, -0.25) is 0 Å². The fraction of sp³-hybridized carbons (Fsp3) is 0.500. The molecule has 236 valence electrons. The molecule has 2 aromatic rings. The Hall–Kier alpha value is -2.92. The van der Waals surface area contributed by atoms with Crippen LogP contribution in [0.1, 0.15) is 35.1 Å². The number of hydrogen-bond donors (Lipinski definition) is 10. The van der Waals surface area contributed by atoms with E-state index in [1.165, 1.54) is 0 Å². The minimum atomic E-state index is -1.62. The molecule has 1 aliphatic carbocycles. The van der Waals surface area contributed by atoms with E-state index in [-0.39, 0.29) is 26.1 Å². The monoisotopic (exact) mass is 612 g/mol. The van der Waals surface area contributed by atoms with E-state index in [1.54, 1.807) is 36.4 Å². The van der Waals surface area contributed by atoms with Crippen molar-refractivity contribution in [1.82, 2.24) is 0 Å². The largest absolute Gasteiger partial charge is 0.396 e. The maximum absolute atomic E-state index is 11.9. The Morgan fingerprint density at radius 2 is 1.09 bits per heavy atom. The highest BCUT2D eigenvalue weighted by molar-refractivity contribution is 5.81. The first kappa shape index (κ1) is 32.5. The van der Waals surface area contributed by atoms with Gasteiger partial charge in [0.05, 0.1) is 12.7 Å². The lowest BCUT2D eigenvalue weighted by atomic mass is 9.87. The quantitative estimate of drug-likeness (QED) is 0.153. The van der Waals surface area contributed by atoms with Crippen LogP contribution in [0.4, 0.5) is 0 Å². The summed E-state index contributed by atoms with van der Waals surface area (Å²) in [7, 11) is 0. The number of fused-ring (bicyclic) bond motifs is 3. The molecule has 2 heterocycles. The normalized spacial score (nSPS) is 36.0. The number of aliphatic hydroxyl groups is 10. The summed E-state index contributed by atoms with van der Waals surface area (Å²) in [5, 5.41) is 101. The Morgan fingerprint density at radius 1 is 0.614 bits per heavy atom. The minimum Gasteiger partial charge on any atom is -0.396 e.